The molecule has 5 rings (SSSR count). The van der Waals surface area contributed by atoms with E-state index in [-0.39, 0.29) is 5.56 Å². The van der Waals surface area contributed by atoms with Crippen molar-refractivity contribution in [2.45, 2.75) is 19.3 Å². The monoisotopic (exact) mass is 420 g/mol. The van der Waals surface area contributed by atoms with E-state index in [1.807, 2.05) is 62.4 Å². The number of fused-ring (bicyclic) bond motifs is 3. The van der Waals surface area contributed by atoms with Gasteiger partial charge in [-0.25, -0.2) is 4.79 Å². The minimum absolute atomic E-state index is 0.264. The van der Waals surface area contributed by atoms with Gasteiger partial charge in [-0.1, -0.05) is 54.6 Å². The fraction of sp³-hybridized carbons (Fsp3) is 0.107. The van der Waals surface area contributed by atoms with Crippen LogP contribution in [0.4, 0.5) is 11.4 Å². The topological polar surface area (TPSA) is 89.3 Å². The smallest absolute Gasteiger partial charge is 0.335 e. The molecule has 5 N–H and O–H groups in total. The third-order valence-electron chi connectivity index (χ3n) is 6.70. The first-order valence-electron chi connectivity index (χ1n) is 10.5. The minimum atomic E-state index is -0.945. The zero-order chi connectivity index (χ0) is 22.6. The van der Waals surface area contributed by atoms with Gasteiger partial charge in [0.1, 0.15) is 0 Å². The summed E-state index contributed by atoms with van der Waals surface area (Å²) >= 11 is 0. The first kappa shape index (κ1) is 19.9. The SMILES string of the molecule is Cc1cc(C2(c3ccc(N)c(C)c3)c3ccccc3-c3ccc(C(=O)O)cc32)ccc1N. The van der Waals surface area contributed by atoms with Crippen molar-refractivity contribution >= 4 is 17.3 Å². The van der Waals surface area contributed by atoms with E-state index >= 15 is 0 Å². The van der Waals surface area contributed by atoms with Gasteiger partial charge in [-0.2, -0.15) is 0 Å². The number of anilines is 2. The fourth-order valence-corrected chi connectivity index (χ4v) is 5.02. The standard InChI is InChI=1S/C28H24N2O2/c1-16-13-19(8-11-25(16)29)28(20-9-12-26(30)17(2)14-20)23-6-4-3-5-21(23)22-10-7-18(27(31)32)15-24(22)28/h3-15H,29-30H2,1-2H3,(H,31,32). The Morgan fingerprint density at radius 2 is 1.28 bits per heavy atom. The van der Waals surface area contributed by atoms with Crippen LogP contribution < -0.4 is 11.5 Å². The summed E-state index contributed by atoms with van der Waals surface area (Å²) in [4.78, 5) is 11.9. The molecule has 0 radical (unpaired) electrons. The van der Waals surface area contributed by atoms with Gasteiger partial charge >= 0.3 is 5.97 Å². The molecule has 0 fully saturated rings. The van der Waals surface area contributed by atoms with Gasteiger partial charge in [-0.05, 0) is 82.6 Å². The quantitative estimate of drug-likeness (QED) is 0.335. The lowest BCUT2D eigenvalue weighted by Crippen LogP contribution is -2.29. The molecular formula is C28H24N2O2. The van der Waals surface area contributed by atoms with E-state index in [0.717, 1.165) is 55.9 Å². The molecule has 4 aromatic rings. The summed E-state index contributed by atoms with van der Waals surface area (Å²) in [5.74, 6) is -0.945. The number of hydrogen-bond donors (Lipinski definition) is 3. The van der Waals surface area contributed by atoms with Crippen molar-refractivity contribution in [1.82, 2.24) is 0 Å². The molecule has 1 aliphatic rings. The van der Waals surface area contributed by atoms with E-state index in [1.165, 1.54) is 0 Å². The molecule has 0 saturated carbocycles. The van der Waals surface area contributed by atoms with Crippen LogP contribution in [0.1, 0.15) is 43.7 Å². The highest BCUT2D eigenvalue weighted by molar-refractivity contribution is 5.93. The maximum Gasteiger partial charge on any atom is 0.335 e. The van der Waals surface area contributed by atoms with Gasteiger partial charge in [0.2, 0.25) is 0 Å². The van der Waals surface area contributed by atoms with Crippen LogP contribution >= 0.6 is 0 Å². The van der Waals surface area contributed by atoms with Gasteiger partial charge in [0.25, 0.3) is 0 Å². The number of nitrogen functional groups attached to an aromatic ring is 2. The lowest BCUT2D eigenvalue weighted by Gasteiger charge is -2.34. The minimum Gasteiger partial charge on any atom is -0.478 e. The maximum absolute atomic E-state index is 11.9. The molecule has 1 aliphatic carbocycles. The summed E-state index contributed by atoms with van der Waals surface area (Å²) in [6.45, 7) is 3.99. The Morgan fingerprint density at radius 3 is 1.84 bits per heavy atom. The number of aromatic carboxylic acids is 1. The molecule has 0 aliphatic heterocycles. The highest BCUT2D eigenvalue weighted by Gasteiger charge is 2.46. The Morgan fingerprint density at radius 1 is 0.719 bits per heavy atom. The molecule has 0 atom stereocenters. The molecule has 32 heavy (non-hydrogen) atoms. The molecule has 0 unspecified atom stereocenters. The van der Waals surface area contributed by atoms with Crippen LogP contribution in [0, 0.1) is 13.8 Å². The second kappa shape index (κ2) is 6.99. The largest absolute Gasteiger partial charge is 0.478 e. The first-order chi connectivity index (χ1) is 15.3. The van der Waals surface area contributed by atoms with Crippen LogP contribution in [-0.2, 0) is 5.41 Å². The van der Waals surface area contributed by atoms with Gasteiger partial charge < -0.3 is 16.6 Å². The zero-order valence-corrected chi connectivity index (χ0v) is 18.0. The maximum atomic E-state index is 11.9. The molecule has 4 heteroatoms. The van der Waals surface area contributed by atoms with Crippen LogP contribution in [0.2, 0.25) is 0 Å². The summed E-state index contributed by atoms with van der Waals surface area (Å²) in [7, 11) is 0. The van der Waals surface area contributed by atoms with Crippen molar-refractivity contribution in [3.05, 3.63) is 118 Å². The summed E-state index contributed by atoms with van der Waals surface area (Å²) in [5.41, 5.74) is 21.6. The molecule has 0 amide bonds. The van der Waals surface area contributed by atoms with Crippen LogP contribution in [0.15, 0.2) is 78.9 Å². The summed E-state index contributed by atoms with van der Waals surface area (Å²) in [6.07, 6.45) is 0. The van der Waals surface area contributed by atoms with Crippen molar-refractivity contribution < 1.29 is 9.90 Å². The Bertz CT molecular complexity index is 1350. The summed E-state index contributed by atoms with van der Waals surface area (Å²) in [6, 6.07) is 25.9. The average Bonchev–Trinajstić information content (AvgIpc) is 3.08. The molecule has 4 aromatic carbocycles. The molecule has 0 heterocycles. The molecule has 4 nitrogen and oxygen atoms in total. The second-order valence-electron chi connectivity index (χ2n) is 8.50. The first-order valence-corrected chi connectivity index (χ1v) is 10.5. The van der Waals surface area contributed by atoms with Crippen LogP contribution in [0.25, 0.3) is 11.1 Å². The summed E-state index contributed by atoms with van der Waals surface area (Å²) in [5, 5.41) is 9.77. The number of rotatable bonds is 3. The number of carboxylic acid groups (broad SMARTS) is 1. The van der Waals surface area contributed by atoms with E-state index in [4.69, 9.17) is 11.5 Å². The Hall–Kier alpha value is -4.05. The predicted molar refractivity (Wildman–Crippen MR) is 129 cm³/mol. The van der Waals surface area contributed by atoms with Gasteiger partial charge in [-0.3, -0.25) is 0 Å². The van der Waals surface area contributed by atoms with E-state index in [1.54, 1.807) is 6.07 Å². The van der Waals surface area contributed by atoms with Gasteiger partial charge in [-0.15, -0.1) is 0 Å². The predicted octanol–water partition coefficient (Wildman–Crippen LogP) is 5.53. The van der Waals surface area contributed by atoms with E-state index in [0.29, 0.717) is 0 Å². The molecule has 158 valence electrons. The number of carbonyl (C=O) groups is 1. The highest BCUT2D eigenvalue weighted by Crippen LogP contribution is 2.56. The van der Waals surface area contributed by atoms with Gasteiger partial charge in [0.05, 0.1) is 11.0 Å². The number of nitrogens with two attached hydrogens (primary N) is 2. The number of carboxylic acids is 1. The lowest BCUT2D eigenvalue weighted by molar-refractivity contribution is 0.0696. The fourth-order valence-electron chi connectivity index (χ4n) is 5.02. The molecule has 0 bridgehead atoms. The number of hydrogen-bond acceptors (Lipinski definition) is 3. The van der Waals surface area contributed by atoms with E-state index < -0.39 is 11.4 Å². The van der Waals surface area contributed by atoms with E-state index in [9.17, 15) is 9.90 Å². The molecule has 0 saturated heterocycles. The van der Waals surface area contributed by atoms with Crippen LogP contribution in [0.5, 0.6) is 0 Å². The molecule has 0 aromatic heterocycles. The normalized spacial score (nSPS) is 13.4. The third kappa shape index (κ3) is 2.66. The Balaban J connectivity index is 1.98. The summed E-state index contributed by atoms with van der Waals surface area (Å²) < 4.78 is 0. The Labute approximate surface area is 187 Å². The molecular weight excluding hydrogens is 396 g/mol. The van der Waals surface area contributed by atoms with Crippen LogP contribution in [-0.4, -0.2) is 11.1 Å². The van der Waals surface area contributed by atoms with Crippen molar-refractivity contribution in [2.75, 3.05) is 11.5 Å². The third-order valence-corrected chi connectivity index (χ3v) is 6.70. The lowest BCUT2D eigenvalue weighted by atomic mass is 9.67. The molecule has 0 spiro atoms. The number of aryl methyl sites for hydroxylation is 2. The van der Waals surface area contributed by atoms with Crippen molar-refractivity contribution in [3.8, 4) is 11.1 Å². The van der Waals surface area contributed by atoms with E-state index in [2.05, 4.69) is 24.3 Å². The Kier molecular flexibility index (Phi) is 4.34. The highest BCUT2D eigenvalue weighted by atomic mass is 16.4. The van der Waals surface area contributed by atoms with Gasteiger partial charge in [0, 0.05) is 11.4 Å². The zero-order valence-electron chi connectivity index (χ0n) is 18.0. The van der Waals surface area contributed by atoms with Gasteiger partial charge in [0.15, 0.2) is 0 Å². The van der Waals surface area contributed by atoms with Crippen molar-refractivity contribution in [3.63, 3.8) is 0 Å². The average molecular weight is 421 g/mol. The van der Waals surface area contributed by atoms with Crippen LogP contribution in [0.3, 0.4) is 0 Å². The van der Waals surface area contributed by atoms with Crippen molar-refractivity contribution in [1.29, 1.82) is 0 Å². The number of benzene rings is 4. The second-order valence-corrected chi connectivity index (χ2v) is 8.50. The van der Waals surface area contributed by atoms with Crippen molar-refractivity contribution in [2.24, 2.45) is 0 Å².